The van der Waals surface area contributed by atoms with E-state index in [4.69, 9.17) is 0 Å². The summed E-state index contributed by atoms with van der Waals surface area (Å²) < 4.78 is 38.4. The van der Waals surface area contributed by atoms with Crippen molar-refractivity contribution in [3.63, 3.8) is 0 Å². The number of benzene rings is 1. The van der Waals surface area contributed by atoms with E-state index in [9.17, 15) is 18.0 Å². The van der Waals surface area contributed by atoms with Gasteiger partial charge in [-0.25, -0.2) is 0 Å². The molecular formula is C15H19F3N2O. The molecule has 0 radical (unpaired) electrons. The summed E-state index contributed by atoms with van der Waals surface area (Å²) in [5.41, 5.74) is -0.592. The highest BCUT2D eigenvalue weighted by molar-refractivity contribution is 5.75. The second kappa shape index (κ2) is 6.93. The zero-order valence-electron chi connectivity index (χ0n) is 11.7. The van der Waals surface area contributed by atoms with Crippen LogP contribution in [0, 0.1) is 5.92 Å². The molecule has 1 aromatic rings. The van der Waals surface area contributed by atoms with E-state index in [-0.39, 0.29) is 18.0 Å². The molecule has 3 nitrogen and oxygen atoms in total. The van der Waals surface area contributed by atoms with Crippen LogP contribution in [0.2, 0.25) is 0 Å². The van der Waals surface area contributed by atoms with Crippen LogP contribution in [0.25, 0.3) is 0 Å². The Bertz CT molecular complexity index is 482. The molecule has 0 unspecified atom stereocenters. The first-order valence-electron chi connectivity index (χ1n) is 7.09. The van der Waals surface area contributed by atoms with Gasteiger partial charge in [-0.15, -0.1) is 0 Å². The number of alkyl halides is 3. The smallest absolute Gasteiger partial charge is 0.352 e. The predicted molar refractivity (Wildman–Crippen MR) is 73.5 cm³/mol. The Kier molecular flexibility index (Phi) is 5.22. The van der Waals surface area contributed by atoms with E-state index < -0.39 is 11.7 Å². The van der Waals surface area contributed by atoms with Crippen molar-refractivity contribution in [2.75, 3.05) is 13.1 Å². The van der Waals surface area contributed by atoms with Gasteiger partial charge in [0.25, 0.3) is 0 Å². The first-order valence-corrected chi connectivity index (χ1v) is 7.09. The fraction of sp³-hybridized carbons (Fsp3) is 0.533. The fourth-order valence-corrected chi connectivity index (χ4v) is 2.53. The zero-order chi connectivity index (χ0) is 15.3. The van der Waals surface area contributed by atoms with Crippen molar-refractivity contribution in [2.24, 2.45) is 5.92 Å². The van der Waals surface area contributed by atoms with Gasteiger partial charge in [-0.3, -0.25) is 4.79 Å². The summed E-state index contributed by atoms with van der Waals surface area (Å²) in [6, 6.07) is 5.32. The van der Waals surface area contributed by atoms with Crippen LogP contribution < -0.4 is 10.6 Å². The summed E-state index contributed by atoms with van der Waals surface area (Å²) in [5, 5.41) is 5.80. The number of hydrogen-bond acceptors (Lipinski definition) is 2. The maximum Gasteiger partial charge on any atom is 0.416 e. The molecule has 1 aliphatic rings. The zero-order valence-corrected chi connectivity index (χ0v) is 11.7. The predicted octanol–water partition coefficient (Wildman–Crippen LogP) is 2.71. The molecule has 1 saturated heterocycles. The molecule has 1 aliphatic heterocycles. The van der Waals surface area contributed by atoms with Crippen LogP contribution in [0.5, 0.6) is 0 Å². The van der Waals surface area contributed by atoms with Crippen molar-refractivity contribution < 1.29 is 18.0 Å². The number of rotatable bonds is 5. The normalized spacial score (nSPS) is 18.7. The Morgan fingerprint density at radius 1 is 1.33 bits per heavy atom. The molecular weight excluding hydrogens is 281 g/mol. The maximum atomic E-state index is 12.8. The van der Waals surface area contributed by atoms with Gasteiger partial charge in [-0.05, 0) is 43.5 Å². The van der Waals surface area contributed by atoms with Crippen molar-refractivity contribution in [1.29, 1.82) is 0 Å². The Morgan fingerprint density at radius 3 is 2.76 bits per heavy atom. The average molecular weight is 300 g/mol. The Balaban J connectivity index is 1.83. The number of amides is 1. The summed E-state index contributed by atoms with van der Waals surface area (Å²) in [4.78, 5) is 11.7. The van der Waals surface area contributed by atoms with Crippen molar-refractivity contribution in [1.82, 2.24) is 10.6 Å². The van der Waals surface area contributed by atoms with Crippen molar-refractivity contribution >= 4 is 5.91 Å². The summed E-state index contributed by atoms with van der Waals surface area (Å²) in [6.45, 7) is 1.81. The fourth-order valence-electron chi connectivity index (χ4n) is 2.53. The van der Waals surface area contributed by atoms with Gasteiger partial charge in [0.2, 0.25) is 5.91 Å². The molecule has 116 valence electrons. The first-order chi connectivity index (χ1) is 9.97. The van der Waals surface area contributed by atoms with E-state index >= 15 is 0 Å². The minimum Gasteiger partial charge on any atom is -0.352 e. The number of carbonyl (C=O) groups is 1. The minimum absolute atomic E-state index is 0.0859. The average Bonchev–Trinajstić information content (AvgIpc) is 2.95. The van der Waals surface area contributed by atoms with Crippen LogP contribution in [0.4, 0.5) is 13.2 Å². The SMILES string of the molecule is O=C(CC[C@@H]1CCNC1)NCc1ccccc1C(F)(F)F. The second-order valence-corrected chi connectivity index (χ2v) is 5.33. The standard InChI is InChI=1S/C15H19F3N2O/c16-15(17,18)13-4-2-1-3-12(13)10-20-14(21)6-5-11-7-8-19-9-11/h1-4,11,19H,5-10H2,(H,20,21)/t11-/m1/s1. The van der Waals surface area contributed by atoms with Crippen molar-refractivity contribution in [3.05, 3.63) is 35.4 Å². The molecule has 6 heteroatoms. The van der Waals surface area contributed by atoms with E-state index in [1.165, 1.54) is 12.1 Å². The van der Waals surface area contributed by atoms with Gasteiger partial charge >= 0.3 is 6.18 Å². The van der Waals surface area contributed by atoms with Crippen molar-refractivity contribution in [3.8, 4) is 0 Å². The quantitative estimate of drug-likeness (QED) is 0.878. The first kappa shape index (κ1) is 15.8. The lowest BCUT2D eigenvalue weighted by Crippen LogP contribution is -2.25. The topological polar surface area (TPSA) is 41.1 Å². The van der Waals surface area contributed by atoms with Crippen LogP contribution in [0.1, 0.15) is 30.4 Å². The van der Waals surface area contributed by atoms with Gasteiger partial charge in [0.05, 0.1) is 5.56 Å². The minimum atomic E-state index is -4.39. The van der Waals surface area contributed by atoms with Gasteiger partial charge in [0, 0.05) is 13.0 Å². The number of halogens is 3. The summed E-state index contributed by atoms with van der Waals surface area (Å²) in [6.07, 6.45) is -2.19. The molecule has 1 heterocycles. The van der Waals surface area contributed by atoms with E-state index in [1.54, 1.807) is 6.07 Å². The highest BCUT2D eigenvalue weighted by atomic mass is 19.4. The monoisotopic (exact) mass is 300 g/mol. The lowest BCUT2D eigenvalue weighted by molar-refractivity contribution is -0.138. The highest BCUT2D eigenvalue weighted by Crippen LogP contribution is 2.31. The molecule has 0 aromatic heterocycles. The molecule has 0 bridgehead atoms. The lowest BCUT2D eigenvalue weighted by Gasteiger charge is -2.13. The third-order valence-corrected chi connectivity index (χ3v) is 3.74. The molecule has 2 N–H and O–H groups in total. The Hall–Kier alpha value is -1.56. The molecule has 1 fully saturated rings. The van der Waals surface area contributed by atoms with Crippen LogP contribution in [-0.2, 0) is 17.5 Å². The highest BCUT2D eigenvalue weighted by Gasteiger charge is 2.32. The Morgan fingerprint density at radius 2 is 2.10 bits per heavy atom. The molecule has 1 aromatic carbocycles. The third kappa shape index (κ3) is 4.74. The van der Waals surface area contributed by atoms with Gasteiger partial charge in [0.15, 0.2) is 0 Å². The van der Waals surface area contributed by atoms with Gasteiger partial charge < -0.3 is 10.6 Å². The van der Waals surface area contributed by atoms with Crippen LogP contribution in [-0.4, -0.2) is 19.0 Å². The summed E-state index contributed by atoms with van der Waals surface area (Å²) in [7, 11) is 0. The summed E-state index contributed by atoms with van der Waals surface area (Å²) >= 11 is 0. The van der Waals surface area contributed by atoms with E-state index in [1.807, 2.05) is 0 Å². The molecule has 21 heavy (non-hydrogen) atoms. The van der Waals surface area contributed by atoms with Gasteiger partial charge in [-0.1, -0.05) is 18.2 Å². The number of carbonyl (C=O) groups excluding carboxylic acids is 1. The van der Waals surface area contributed by atoms with Crippen LogP contribution in [0.3, 0.4) is 0 Å². The number of nitrogens with one attached hydrogen (secondary N) is 2. The summed E-state index contributed by atoms with van der Waals surface area (Å²) in [5.74, 6) is 0.303. The lowest BCUT2D eigenvalue weighted by atomic mass is 10.0. The molecule has 1 atom stereocenters. The largest absolute Gasteiger partial charge is 0.416 e. The Labute approximate surface area is 121 Å². The third-order valence-electron chi connectivity index (χ3n) is 3.74. The molecule has 0 saturated carbocycles. The molecule has 0 aliphatic carbocycles. The van der Waals surface area contributed by atoms with E-state index in [0.29, 0.717) is 12.3 Å². The van der Waals surface area contributed by atoms with E-state index in [2.05, 4.69) is 10.6 Å². The van der Waals surface area contributed by atoms with Crippen LogP contribution in [0.15, 0.2) is 24.3 Å². The van der Waals surface area contributed by atoms with Crippen LogP contribution >= 0.6 is 0 Å². The maximum absolute atomic E-state index is 12.8. The molecule has 1 amide bonds. The van der Waals surface area contributed by atoms with Gasteiger partial charge in [0.1, 0.15) is 0 Å². The van der Waals surface area contributed by atoms with Crippen molar-refractivity contribution in [2.45, 2.75) is 32.0 Å². The number of hydrogen-bond donors (Lipinski definition) is 2. The van der Waals surface area contributed by atoms with E-state index in [0.717, 1.165) is 32.0 Å². The second-order valence-electron chi connectivity index (χ2n) is 5.33. The molecule has 2 rings (SSSR count). The van der Waals surface area contributed by atoms with Gasteiger partial charge in [-0.2, -0.15) is 13.2 Å². The molecule has 0 spiro atoms.